The fraction of sp³-hybridized carbons (Fsp3) is 0.400. The lowest BCUT2D eigenvalue weighted by molar-refractivity contribution is 0.322. The number of halogens is 1. The minimum Gasteiger partial charge on any atom is -0.396 e. The van der Waals surface area contributed by atoms with Gasteiger partial charge in [-0.25, -0.2) is 4.39 Å². The first-order chi connectivity index (χ1) is 6.77. The smallest absolute Gasteiger partial charge is 0.123 e. The van der Waals surface area contributed by atoms with Crippen LogP contribution in [0.5, 0.6) is 0 Å². The molecule has 0 spiro atoms. The standard InChI is InChI=1S/C10H14FNOS/c1-12-7-8-6-9(11)2-3-10(8)14-5-4-13/h2-3,6,12-13H,4-5,7H2,1H3. The lowest BCUT2D eigenvalue weighted by Crippen LogP contribution is -2.06. The highest BCUT2D eigenvalue weighted by atomic mass is 32.2. The molecule has 0 aliphatic carbocycles. The van der Waals surface area contributed by atoms with Crippen molar-refractivity contribution >= 4 is 11.8 Å². The molecule has 1 aromatic rings. The van der Waals surface area contributed by atoms with Gasteiger partial charge < -0.3 is 10.4 Å². The van der Waals surface area contributed by atoms with Gasteiger partial charge in [0.05, 0.1) is 6.61 Å². The van der Waals surface area contributed by atoms with Crippen molar-refractivity contribution < 1.29 is 9.50 Å². The van der Waals surface area contributed by atoms with Crippen molar-refractivity contribution in [1.29, 1.82) is 0 Å². The molecule has 2 N–H and O–H groups in total. The van der Waals surface area contributed by atoms with Crippen molar-refractivity contribution in [3.63, 3.8) is 0 Å². The minimum atomic E-state index is -0.219. The van der Waals surface area contributed by atoms with Crippen LogP contribution in [0, 0.1) is 5.82 Å². The first-order valence-corrected chi connectivity index (χ1v) is 5.43. The van der Waals surface area contributed by atoms with Gasteiger partial charge in [0.15, 0.2) is 0 Å². The molecule has 78 valence electrons. The fourth-order valence-electron chi connectivity index (χ4n) is 1.17. The van der Waals surface area contributed by atoms with Crippen LogP contribution >= 0.6 is 11.8 Å². The molecule has 14 heavy (non-hydrogen) atoms. The SMILES string of the molecule is CNCc1cc(F)ccc1SCCO. The van der Waals surface area contributed by atoms with Crippen LogP contribution in [0.2, 0.25) is 0 Å². The van der Waals surface area contributed by atoms with Gasteiger partial charge in [-0.1, -0.05) is 0 Å². The molecule has 0 amide bonds. The molecular formula is C10H14FNOS. The zero-order valence-corrected chi connectivity index (χ0v) is 8.90. The first kappa shape index (κ1) is 11.5. The van der Waals surface area contributed by atoms with Crippen LogP contribution in [-0.2, 0) is 6.54 Å². The summed E-state index contributed by atoms with van der Waals surface area (Å²) in [6.45, 7) is 0.784. The summed E-state index contributed by atoms with van der Waals surface area (Å²) in [5, 5.41) is 11.7. The summed E-state index contributed by atoms with van der Waals surface area (Å²) in [6, 6.07) is 4.72. The third kappa shape index (κ3) is 3.29. The number of benzene rings is 1. The summed E-state index contributed by atoms with van der Waals surface area (Å²) < 4.78 is 12.9. The number of rotatable bonds is 5. The summed E-state index contributed by atoms with van der Waals surface area (Å²) in [7, 11) is 1.82. The molecule has 1 aromatic carbocycles. The van der Waals surface area contributed by atoms with E-state index in [9.17, 15) is 4.39 Å². The molecule has 4 heteroatoms. The van der Waals surface area contributed by atoms with Gasteiger partial charge in [-0.2, -0.15) is 0 Å². The summed E-state index contributed by atoms with van der Waals surface area (Å²) in [5.41, 5.74) is 0.936. The summed E-state index contributed by atoms with van der Waals surface area (Å²) in [4.78, 5) is 1.02. The van der Waals surface area contributed by atoms with E-state index in [0.29, 0.717) is 12.3 Å². The Hall–Kier alpha value is -0.580. The fourth-order valence-corrected chi connectivity index (χ4v) is 1.96. The molecule has 0 unspecified atom stereocenters. The zero-order valence-electron chi connectivity index (χ0n) is 8.09. The number of hydrogen-bond acceptors (Lipinski definition) is 3. The third-order valence-electron chi connectivity index (χ3n) is 1.74. The van der Waals surface area contributed by atoms with Crippen molar-refractivity contribution in [2.24, 2.45) is 0 Å². The van der Waals surface area contributed by atoms with Crippen molar-refractivity contribution in [2.75, 3.05) is 19.4 Å². The highest BCUT2D eigenvalue weighted by Crippen LogP contribution is 2.23. The topological polar surface area (TPSA) is 32.3 Å². The van der Waals surface area contributed by atoms with E-state index in [-0.39, 0.29) is 12.4 Å². The Labute approximate surface area is 87.5 Å². The van der Waals surface area contributed by atoms with Gasteiger partial charge in [0.25, 0.3) is 0 Å². The maximum Gasteiger partial charge on any atom is 0.123 e. The molecule has 0 aliphatic heterocycles. The predicted molar refractivity (Wildman–Crippen MR) is 57.0 cm³/mol. The lowest BCUT2D eigenvalue weighted by atomic mass is 10.2. The monoisotopic (exact) mass is 215 g/mol. The maximum atomic E-state index is 12.9. The number of thioether (sulfide) groups is 1. The van der Waals surface area contributed by atoms with Crippen molar-refractivity contribution in [2.45, 2.75) is 11.4 Å². The highest BCUT2D eigenvalue weighted by molar-refractivity contribution is 7.99. The summed E-state index contributed by atoms with van der Waals surface area (Å²) in [6.07, 6.45) is 0. The second kappa shape index (κ2) is 6.01. The molecule has 0 aromatic heterocycles. The molecule has 0 radical (unpaired) electrons. The minimum absolute atomic E-state index is 0.140. The average Bonchev–Trinajstić information content (AvgIpc) is 2.17. The Morgan fingerprint density at radius 2 is 2.29 bits per heavy atom. The van der Waals surface area contributed by atoms with Crippen LogP contribution in [-0.4, -0.2) is 24.5 Å². The van der Waals surface area contributed by atoms with Gasteiger partial charge in [0.1, 0.15) is 5.82 Å². The van der Waals surface area contributed by atoms with Crippen LogP contribution in [0.4, 0.5) is 4.39 Å². The molecular weight excluding hydrogens is 201 g/mol. The molecule has 0 atom stereocenters. The molecule has 0 aliphatic rings. The summed E-state index contributed by atoms with van der Waals surface area (Å²) in [5.74, 6) is 0.422. The summed E-state index contributed by atoms with van der Waals surface area (Å²) >= 11 is 1.54. The molecule has 0 bridgehead atoms. The molecule has 1 rings (SSSR count). The van der Waals surface area contributed by atoms with E-state index >= 15 is 0 Å². The van der Waals surface area contributed by atoms with Crippen LogP contribution < -0.4 is 5.32 Å². The Morgan fingerprint density at radius 1 is 1.50 bits per heavy atom. The second-order valence-electron chi connectivity index (χ2n) is 2.85. The van der Waals surface area contributed by atoms with Gasteiger partial charge in [0.2, 0.25) is 0 Å². The van der Waals surface area contributed by atoms with E-state index in [1.54, 1.807) is 6.07 Å². The highest BCUT2D eigenvalue weighted by Gasteiger charge is 2.03. The number of aliphatic hydroxyl groups excluding tert-OH is 1. The van der Waals surface area contributed by atoms with Crippen molar-refractivity contribution in [1.82, 2.24) is 5.32 Å². The Morgan fingerprint density at radius 3 is 2.93 bits per heavy atom. The first-order valence-electron chi connectivity index (χ1n) is 4.44. The number of nitrogens with one attached hydrogen (secondary N) is 1. The number of hydrogen-bond donors (Lipinski definition) is 2. The Kier molecular flexibility index (Phi) is 4.93. The van der Waals surface area contributed by atoms with E-state index in [0.717, 1.165) is 10.5 Å². The van der Waals surface area contributed by atoms with Crippen LogP contribution in [0.1, 0.15) is 5.56 Å². The molecule has 0 fully saturated rings. The molecule has 2 nitrogen and oxygen atoms in total. The van der Waals surface area contributed by atoms with E-state index < -0.39 is 0 Å². The van der Waals surface area contributed by atoms with Crippen molar-refractivity contribution in [3.8, 4) is 0 Å². The normalized spacial score (nSPS) is 10.5. The van der Waals surface area contributed by atoms with Crippen LogP contribution in [0.25, 0.3) is 0 Å². The molecule has 0 heterocycles. The maximum absolute atomic E-state index is 12.9. The van der Waals surface area contributed by atoms with E-state index in [4.69, 9.17) is 5.11 Å². The van der Waals surface area contributed by atoms with Gasteiger partial charge >= 0.3 is 0 Å². The Balaban J connectivity index is 2.78. The number of aliphatic hydroxyl groups is 1. The predicted octanol–water partition coefficient (Wildman–Crippen LogP) is 1.63. The van der Waals surface area contributed by atoms with E-state index in [2.05, 4.69) is 5.32 Å². The quantitative estimate of drug-likeness (QED) is 0.732. The third-order valence-corrected chi connectivity index (χ3v) is 2.83. The van der Waals surface area contributed by atoms with Crippen LogP contribution in [0.3, 0.4) is 0 Å². The molecule has 0 saturated carbocycles. The van der Waals surface area contributed by atoms with Gasteiger partial charge in [-0.15, -0.1) is 11.8 Å². The molecule has 0 saturated heterocycles. The van der Waals surface area contributed by atoms with Crippen molar-refractivity contribution in [3.05, 3.63) is 29.6 Å². The van der Waals surface area contributed by atoms with Gasteiger partial charge in [0, 0.05) is 17.2 Å². The largest absolute Gasteiger partial charge is 0.396 e. The van der Waals surface area contributed by atoms with Crippen LogP contribution in [0.15, 0.2) is 23.1 Å². The second-order valence-corrected chi connectivity index (χ2v) is 3.99. The zero-order chi connectivity index (χ0) is 10.4. The van der Waals surface area contributed by atoms with Gasteiger partial charge in [-0.3, -0.25) is 0 Å². The lowest BCUT2D eigenvalue weighted by Gasteiger charge is -2.07. The van der Waals surface area contributed by atoms with Gasteiger partial charge in [-0.05, 0) is 30.8 Å². The van der Waals surface area contributed by atoms with E-state index in [1.165, 1.54) is 23.9 Å². The van der Waals surface area contributed by atoms with E-state index in [1.807, 2.05) is 7.05 Å². The average molecular weight is 215 g/mol. The Bertz CT molecular complexity index is 293.